The first-order valence-electron chi connectivity index (χ1n) is 8.86. The number of carbonyl (C=O) groups excluding carboxylic acids is 1. The van der Waals surface area contributed by atoms with Crippen LogP contribution in [-0.2, 0) is 13.0 Å². The van der Waals surface area contributed by atoms with Crippen molar-refractivity contribution in [2.75, 3.05) is 7.11 Å². The highest BCUT2D eigenvalue weighted by Crippen LogP contribution is 2.34. The molecule has 0 saturated heterocycles. The van der Waals surface area contributed by atoms with Gasteiger partial charge in [0.05, 0.1) is 12.7 Å². The molecular weight excluding hydrogens is 360 g/mol. The van der Waals surface area contributed by atoms with E-state index in [0.29, 0.717) is 17.1 Å². The smallest absolute Gasteiger partial charge is 0.251 e. The van der Waals surface area contributed by atoms with Crippen molar-refractivity contribution in [1.82, 2.24) is 4.57 Å². The molecule has 0 unspecified atom stereocenters. The predicted octanol–water partition coefficient (Wildman–Crippen LogP) is 4.84. The first-order valence-corrected chi connectivity index (χ1v) is 9.24. The minimum Gasteiger partial charge on any atom is -0.497 e. The molecule has 2 N–H and O–H groups in total. The summed E-state index contributed by atoms with van der Waals surface area (Å²) < 4.78 is 7.41. The van der Waals surface area contributed by atoms with E-state index in [-0.39, 0.29) is 0 Å². The van der Waals surface area contributed by atoms with Gasteiger partial charge < -0.3 is 15.0 Å². The van der Waals surface area contributed by atoms with Crippen molar-refractivity contribution in [3.8, 4) is 16.9 Å². The van der Waals surface area contributed by atoms with Gasteiger partial charge in [-0.05, 0) is 48.7 Å². The summed E-state index contributed by atoms with van der Waals surface area (Å²) >= 11 is 6.14. The van der Waals surface area contributed by atoms with Gasteiger partial charge >= 0.3 is 0 Å². The van der Waals surface area contributed by atoms with Gasteiger partial charge in [-0.3, -0.25) is 4.79 Å². The first-order chi connectivity index (χ1) is 13.0. The normalized spacial score (nSPS) is 10.8. The fourth-order valence-electron chi connectivity index (χ4n) is 3.57. The molecule has 0 saturated carbocycles. The predicted molar refractivity (Wildman–Crippen MR) is 110 cm³/mol. The number of nitrogens with two attached hydrogens (primary N) is 1. The van der Waals surface area contributed by atoms with E-state index < -0.39 is 5.91 Å². The lowest BCUT2D eigenvalue weighted by molar-refractivity contribution is 0.1000. The standard InChI is InChI=1S/C22H23ClN2O2/c1-4-19-21(16-8-10-18(27-3)11-9-16)20(22(24)26)14(2)25(19)13-15-6-5-7-17(23)12-15/h5-12H,4,13H2,1-3H3,(H2,24,26). The van der Waals surface area contributed by atoms with Gasteiger partial charge in [0.15, 0.2) is 0 Å². The quantitative estimate of drug-likeness (QED) is 0.663. The van der Waals surface area contributed by atoms with Gasteiger partial charge in [0.1, 0.15) is 5.75 Å². The fraction of sp³-hybridized carbons (Fsp3) is 0.227. The highest BCUT2D eigenvalue weighted by atomic mass is 35.5. The molecule has 1 aromatic heterocycles. The van der Waals surface area contributed by atoms with Gasteiger partial charge in [0.25, 0.3) is 5.91 Å². The van der Waals surface area contributed by atoms with Gasteiger partial charge in [0, 0.05) is 28.5 Å². The lowest BCUT2D eigenvalue weighted by atomic mass is 9.98. The molecule has 3 rings (SSSR count). The number of rotatable bonds is 6. The maximum atomic E-state index is 12.3. The molecule has 1 heterocycles. The number of benzene rings is 2. The third kappa shape index (κ3) is 3.71. The highest BCUT2D eigenvalue weighted by molar-refractivity contribution is 6.30. The average Bonchev–Trinajstić information content (AvgIpc) is 2.94. The van der Waals surface area contributed by atoms with Crippen molar-refractivity contribution in [1.29, 1.82) is 0 Å². The molecule has 0 atom stereocenters. The van der Waals surface area contributed by atoms with Gasteiger partial charge in [-0.1, -0.05) is 42.8 Å². The Morgan fingerprint density at radius 3 is 2.44 bits per heavy atom. The number of hydrogen-bond acceptors (Lipinski definition) is 2. The van der Waals surface area contributed by atoms with E-state index in [2.05, 4.69) is 11.5 Å². The third-order valence-corrected chi connectivity index (χ3v) is 5.06. The lowest BCUT2D eigenvalue weighted by Crippen LogP contribution is -2.13. The lowest BCUT2D eigenvalue weighted by Gasteiger charge is -2.12. The van der Waals surface area contributed by atoms with Crippen LogP contribution in [0.4, 0.5) is 0 Å². The average molecular weight is 383 g/mol. The highest BCUT2D eigenvalue weighted by Gasteiger charge is 2.24. The first kappa shape index (κ1) is 19.1. The summed E-state index contributed by atoms with van der Waals surface area (Å²) in [4.78, 5) is 12.3. The Hall–Kier alpha value is -2.72. The zero-order chi connectivity index (χ0) is 19.6. The van der Waals surface area contributed by atoms with Gasteiger partial charge in [-0.2, -0.15) is 0 Å². The molecule has 4 nitrogen and oxygen atoms in total. The van der Waals surface area contributed by atoms with Crippen LogP contribution >= 0.6 is 11.6 Å². The van der Waals surface area contributed by atoms with Crippen LogP contribution in [0.5, 0.6) is 5.75 Å². The minimum atomic E-state index is -0.419. The summed E-state index contributed by atoms with van der Waals surface area (Å²) in [5.74, 6) is 0.352. The van der Waals surface area contributed by atoms with Crippen LogP contribution in [0.3, 0.4) is 0 Å². The molecule has 0 aliphatic heterocycles. The van der Waals surface area contributed by atoms with Crippen molar-refractivity contribution in [3.63, 3.8) is 0 Å². The molecule has 0 aliphatic carbocycles. The van der Waals surface area contributed by atoms with Crippen LogP contribution in [0.2, 0.25) is 5.02 Å². The van der Waals surface area contributed by atoms with Crippen molar-refractivity contribution >= 4 is 17.5 Å². The summed E-state index contributed by atoms with van der Waals surface area (Å²) in [5, 5.41) is 0.695. The number of ether oxygens (including phenoxy) is 1. The van der Waals surface area contributed by atoms with Crippen molar-refractivity contribution in [2.24, 2.45) is 5.73 Å². The second-order valence-corrected chi connectivity index (χ2v) is 6.88. The number of carbonyl (C=O) groups is 1. The number of aromatic nitrogens is 1. The van der Waals surface area contributed by atoms with Gasteiger partial charge in [-0.15, -0.1) is 0 Å². The van der Waals surface area contributed by atoms with E-state index >= 15 is 0 Å². The molecule has 3 aromatic rings. The van der Waals surface area contributed by atoms with Crippen molar-refractivity contribution in [2.45, 2.75) is 26.8 Å². The van der Waals surface area contributed by atoms with Crippen LogP contribution in [0, 0.1) is 6.92 Å². The maximum absolute atomic E-state index is 12.3. The monoisotopic (exact) mass is 382 g/mol. The Morgan fingerprint density at radius 2 is 1.89 bits per heavy atom. The van der Waals surface area contributed by atoms with E-state index in [1.165, 1.54) is 0 Å². The van der Waals surface area contributed by atoms with E-state index in [9.17, 15) is 4.79 Å². The Bertz CT molecular complexity index is 975. The SMILES string of the molecule is CCc1c(-c2ccc(OC)cc2)c(C(N)=O)c(C)n1Cc1cccc(Cl)c1. The molecule has 5 heteroatoms. The van der Waals surface area contributed by atoms with Gasteiger partial charge in [-0.25, -0.2) is 0 Å². The number of nitrogens with zero attached hydrogens (tertiary/aromatic N) is 1. The summed E-state index contributed by atoms with van der Waals surface area (Å²) in [6.45, 7) is 4.66. The number of hydrogen-bond donors (Lipinski definition) is 1. The van der Waals surface area contributed by atoms with Crippen LogP contribution in [0.15, 0.2) is 48.5 Å². The van der Waals surface area contributed by atoms with Gasteiger partial charge in [0.2, 0.25) is 0 Å². The topological polar surface area (TPSA) is 57.2 Å². The molecule has 27 heavy (non-hydrogen) atoms. The van der Waals surface area contributed by atoms with E-state index in [1.807, 2.05) is 55.5 Å². The third-order valence-electron chi connectivity index (χ3n) is 4.82. The molecule has 0 spiro atoms. The largest absolute Gasteiger partial charge is 0.497 e. The molecule has 1 amide bonds. The fourth-order valence-corrected chi connectivity index (χ4v) is 3.78. The summed E-state index contributed by atoms with van der Waals surface area (Å²) in [5.41, 5.74) is 11.2. The molecule has 2 aromatic carbocycles. The molecule has 0 radical (unpaired) electrons. The summed E-state index contributed by atoms with van der Waals surface area (Å²) in [6, 6.07) is 15.5. The Kier molecular flexibility index (Phi) is 5.57. The number of primary amides is 1. The second kappa shape index (κ2) is 7.89. The minimum absolute atomic E-state index is 0.419. The van der Waals surface area contributed by atoms with E-state index in [1.54, 1.807) is 7.11 Å². The summed E-state index contributed by atoms with van der Waals surface area (Å²) in [6.07, 6.45) is 0.774. The van der Waals surface area contributed by atoms with Crippen LogP contribution in [0.25, 0.3) is 11.1 Å². The number of methoxy groups -OCH3 is 1. The molecule has 0 bridgehead atoms. The molecule has 140 valence electrons. The van der Waals surface area contributed by atoms with Crippen molar-refractivity contribution < 1.29 is 9.53 Å². The Labute approximate surface area is 164 Å². The molecule has 0 aliphatic rings. The van der Waals surface area contributed by atoms with Crippen LogP contribution in [-0.4, -0.2) is 17.6 Å². The van der Waals surface area contributed by atoms with E-state index in [0.717, 1.165) is 40.2 Å². The van der Waals surface area contributed by atoms with Crippen LogP contribution in [0.1, 0.15) is 34.2 Å². The number of halogens is 1. The van der Waals surface area contributed by atoms with Crippen molar-refractivity contribution in [3.05, 3.63) is 76.1 Å². The second-order valence-electron chi connectivity index (χ2n) is 6.44. The zero-order valence-corrected chi connectivity index (χ0v) is 16.5. The van der Waals surface area contributed by atoms with Crippen LogP contribution < -0.4 is 10.5 Å². The zero-order valence-electron chi connectivity index (χ0n) is 15.8. The Morgan fingerprint density at radius 1 is 1.19 bits per heavy atom. The van der Waals surface area contributed by atoms with E-state index in [4.69, 9.17) is 22.1 Å². The number of amides is 1. The Balaban J connectivity index is 2.18. The summed E-state index contributed by atoms with van der Waals surface area (Å²) in [7, 11) is 1.63. The maximum Gasteiger partial charge on any atom is 0.251 e. The molecule has 0 fully saturated rings. The molecular formula is C22H23ClN2O2.